The van der Waals surface area contributed by atoms with Crippen LogP contribution in [0.4, 0.5) is 0 Å². The molecule has 0 aromatic heterocycles. The number of phenolic OH excluding ortho intramolecular Hbond substituents is 1. The largest absolute Gasteiger partial charge is 0.508 e. The Bertz CT molecular complexity index is 462. The van der Waals surface area contributed by atoms with Crippen LogP contribution in [0.1, 0.15) is 81.5 Å². The van der Waals surface area contributed by atoms with Crippen LogP contribution >= 0.6 is 0 Å². The summed E-state index contributed by atoms with van der Waals surface area (Å²) < 4.78 is 5.22. The zero-order chi connectivity index (χ0) is 17.5. The highest BCUT2D eigenvalue weighted by Crippen LogP contribution is 2.11. The lowest BCUT2D eigenvalue weighted by molar-refractivity contribution is 0.0498. The summed E-state index contributed by atoms with van der Waals surface area (Å²) in [5.74, 6) is -0.168. The van der Waals surface area contributed by atoms with E-state index >= 15 is 0 Å². The minimum absolute atomic E-state index is 0.153. The molecule has 0 saturated heterocycles. The molecule has 0 spiro atoms. The minimum Gasteiger partial charge on any atom is -0.508 e. The van der Waals surface area contributed by atoms with E-state index in [9.17, 15) is 9.90 Å². The number of hydrogen-bond acceptors (Lipinski definition) is 3. The second-order valence-corrected chi connectivity index (χ2v) is 6.21. The lowest BCUT2D eigenvalue weighted by Gasteiger charge is -2.04. The third-order valence-corrected chi connectivity index (χ3v) is 3.99. The van der Waals surface area contributed by atoms with Gasteiger partial charge in [0.25, 0.3) is 0 Å². The maximum absolute atomic E-state index is 11.7. The highest BCUT2D eigenvalue weighted by Gasteiger charge is 2.05. The van der Waals surface area contributed by atoms with Gasteiger partial charge in [-0.05, 0) is 62.8 Å². The number of benzene rings is 1. The average Bonchev–Trinajstić information content (AvgIpc) is 2.59. The second-order valence-electron chi connectivity index (χ2n) is 6.21. The number of hydrogen-bond donors (Lipinski definition) is 1. The lowest BCUT2D eigenvalue weighted by atomic mass is 10.1. The highest BCUT2D eigenvalue weighted by atomic mass is 16.5. The van der Waals surface area contributed by atoms with Gasteiger partial charge in [-0.2, -0.15) is 0 Å². The molecule has 134 valence electrons. The van der Waals surface area contributed by atoms with Crippen LogP contribution in [0, 0.1) is 0 Å². The average molecular weight is 332 g/mol. The molecule has 0 aliphatic rings. The van der Waals surface area contributed by atoms with Crippen LogP contribution in [0.2, 0.25) is 0 Å². The molecule has 1 N–H and O–H groups in total. The van der Waals surface area contributed by atoms with Crippen LogP contribution in [-0.2, 0) is 4.74 Å². The highest BCUT2D eigenvalue weighted by molar-refractivity contribution is 5.89. The zero-order valence-electron chi connectivity index (χ0n) is 15.0. The summed E-state index contributed by atoms with van der Waals surface area (Å²) >= 11 is 0. The molecule has 3 nitrogen and oxygen atoms in total. The van der Waals surface area contributed by atoms with Crippen LogP contribution in [0.25, 0.3) is 0 Å². The summed E-state index contributed by atoms with van der Waals surface area (Å²) in [6.45, 7) is 2.70. The monoisotopic (exact) mass is 332 g/mol. The fourth-order valence-corrected chi connectivity index (χ4v) is 2.49. The first kappa shape index (κ1) is 20.3. The van der Waals surface area contributed by atoms with Crippen molar-refractivity contribution in [3.8, 4) is 5.75 Å². The molecule has 0 heterocycles. The van der Waals surface area contributed by atoms with Gasteiger partial charge in [-0.25, -0.2) is 4.79 Å². The Morgan fingerprint density at radius 1 is 0.917 bits per heavy atom. The van der Waals surface area contributed by atoms with Crippen molar-refractivity contribution in [1.82, 2.24) is 0 Å². The predicted octanol–water partition coefficient (Wildman–Crippen LogP) is 6.03. The number of unbranched alkanes of at least 4 members (excludes halogenated alkanes) is 8. The molecule has 1 rings (SSSR count). The number of allylic oxidation sites excluding steroid dienone is 2. The van der Waals surface area contributed by atoms with Crippen LogP contribution in [0.5, 0.6) is 5.75 Å². The molecule has 0 saturated carbocycles. The molecular weight excluding hydrogens is 300 g/mol. The summed E-state index contributed by atoms with van der Waals surface area (Å²) in [7, 11) is 0. The van der Waals surface area contributed by atoms with Crippen molar-refractivity contribution >= 4 is 5.97 Å². The first-order chi connectivity index (χ1) is 11.7. The van der Waals surface area contributed by atoms with Crippen molar-refractivity contribution < 1.29 is 14.6 Å². The van der Waals surface area contributed by atoms with E-state index in [-0.39, 0.29) is 11.7 Å². The van der Waals surface area contributed by atoms with Crippen molar-refractivity contribution in [2.24, 2.45) is 0 Å². The van der Waals surface area contributed by atoms with Gasteiger partial charge < -0.3 is 9.84 Å². The maximum atomic E-state index is 11.7. The third kappa shape index (κ3) is 10.1. The Morgan fingerprint density at radius 2 is 1.50 bits per heavy atom. The summed E-state index contributed by atoms with van der Waals surface area (Å²) in [5.41, 5.74) is 0.481. The Morgan fingerprint density at radius 3 is 2.12 bits per heavy atom. The van der Waals surface area contributed by atoms with Crippen LogP contribution in [0.3, 0.4) is 0 Å². The van der Waals surface area contributed by atoms with E-state index in [1.807, 2.05) is 0 Å². The topological polar surface area (TPSA) is 46.5 Å². The molecule has 1 aromatic rings. The molecule has 0 radical (unpaired) electrons. The van der Waals surface area contributed by atoms with E-state index in [2.05, 4.69) is 19.1 Å². The molecule has 3 heteroatoms. The molecule has 0 amide bonds. The second kappa shape index (κ2) is 13.6. The van der Waals surface area contributed by atoms with Crippen molar-refractivity contribution in [2.75, 3.05) is 6.61 Å². The normalized spacial score (nSPS) is 11.0. The molecule has 0 atom stereocenters. The van der Waals surface area contributed by atoms with Gasteiger partial charge in [0.2, 0.25) is 0 Å². The number of esters is 1. The van der Waals surface area contributed by atoms with E-state index in [1.165, 1.54) is 50.7 Å². The van der Waals surface area contributed by atoms with E-state index in [1.54, 1.807) is 12.1 Å². The van der Waals surface area contributed by atoms with Gasteiger partial charge in [0.05, 0.1) is 12.2 Å². The predicted molar refractivity (Wildman–Crippen MR) is 99.4 cm³/mol. The number of ether oxygens (including phenoxy) is 1. The number of phenols is 1. The van der Waals surface area contributed by atoms with Crippen molar-refractivity contribution in [2.45, 2.75) is 71.1 Å². The number of aromatic hydroxyl groups is 1. The lowest BCUT2D eigenvalue weighted by Crippen LogP contribution is -2.06. The maximum Gasteiger partial charge on any atom is 0.338 e. The zero-order valence-corrected chi connectivity index (χ0v) is 15.0. The quantitative estimate of drug-likeness (QED) is 0.273. The first-order valence-corrected chi connectivity index (χ1v) is 9.35. The molecule has 0 aliphatic carbocycles. The van der Waals surface area contributed by atoms with Gasteiger partial charge in [0.15, 0.2) is 0 Å². The van der Waals surface area contributed by atoms with E-state index in [0.717, 1.165) is 25.7 Å². The minimum atomic E-state index is -0.321. The molecule has 0 bridgehead atoms. The van der Waals surface area contributed by atoms with E-state index < -0.39 is 0 Å². The van der Waals surface area contributed by atoms with Crippen LogP contribution < -0.4 is 0 Å². The van der Waals surface area contributed by atoms with E-state index in [4.69, 9.17) is 4.74 Å². The summed E-state index contributed by atoms with van der Waals surface area (Å²) in [4.78, 5) is 11.7. The van der Waals surface area contributed by atoms with Gasteiger partial charge in [0, 0.05) is 0 Å². The van der Waals surface area contributed by atoms with Crippen LogP contribution in [-0.4, -0.2) is 17.7 Å². The third-order valence-electron chi connectivity index (χ3n) is 3.99. The Kier molecular flexibility index (Phi) is 11.5. The Labute approximate surface area is 146 Å². The Hall–Kier alpha value is -1.77. The van der Waals surface area contributed by atoms with Crippen LogP contribution in [0.15, 0.2) is 36.4 Å². The van der Waals surface area contributed by atoms with Crippen molar-refractivity contribution in [3.63, 3.8) is 0 Å². The summed E-state index contributed by atoms with van der Waals surface area (Å²) in [6, 6.07) is 6.13. The fraction of sp³-hybridized carbons (Fsp3) is 0.571. The van der Waals surface area contributed by atoms with E-state index in [0.29, 0.717) is 12.2 Å². The summed E-state index contributed by atoms with van der Waals surface area (Å²) in [6.07, 6.45) is 16.7. The molecule has 1 aromatic carbocycles. The standard InChI is InChI=1S/C21H32O3/c1-2-3-4-5-6-7-8-9-10-11-12-13-18-24-21(23)19-14-16-20(22)17-15-19/h8-9,14-17,22H,2-7,10-13,18H2,1H3/b9-8+. The number of rotatable bonds is 13. The SMILES string of the molecule is CCCCCCC/C=C/CCCCCOC(=O)c1ccc(O)cc1. The molecule has 0 fully saturated rings. The van der Waals surface area contributed by atoms with Gasteiger partial charge in [-0.3, -0.25) is 0 Å². The molecule has 0 aliphatic heterocycles. The summed E-state index contributed by atoms with van der Waals surface area (Å²) in [5, 5.41) is 9.18. The van der Waals surface area contributed by atoms with Crippen molar-refractivity contribution in [1.29, 1.82) is 0 Å². The Balaban J connectivity index is 1.93. The smallest absolute Gasteiger partial charge is 0.338 e. The van der Waals surface area contributed by atoms with Crippen molar-refractivity contribution in [3.05, 3.63) is 42.0 Å². The molecular formula is C21H32O3. The van der Waals surface area contributed by atoms with Gasteiger partial charge in [0.1, 0.15) is 5.75 Å². The fourth-order valence-electron chi connectivity index (χ4n) is 2.49. The molecule has 24 heavy (non-hydrogen) atoms. The number of carbonyl (C=O) groups excluding carboxylic acids is 1. The van der Waals surface area contributed by atoms with Gasteiger partial charge in [-0.15, -0.1) is 0 Å². The number of carbonyl (C=O) groups is 1. The van der Waals surface area contributed by atoms with Gasteiger partial charge >= 0.3 is 5.97 Å². The first-order valence-electron chi connectivity index (χ1n) is 9.35. The molecule has 0 unspecified atom stereocenters. The van der Waals surface area contributed by atoms with Gasteiger partial charge in [-0.1, -0.05) is 44.8 Å².